The zero-order valence-electron chi connectivity index (χ0n) is 11.6. The molecule has 0 aliphatic carbocycles. The van der Waals surface area contributed by atoms with Crippen LogP contribution in [0.3, 0.4) is 0 Å². The largest absolute Gasteiger partial charge is 0.384 e. The molecule has 1 saturated heterocycles. The monoisotopic (exact) mass is 273 g/mol. The first-order valence-corrected chi connectivity index (χ1v) is 6.79. The van der Waals surface area contributed by atoms with Crippen LogP contribution in [0.25, 0.3) is 0 Å². The molecule has 0 unspecified atom stereocenters. The fourth-order valence-corrected chi connectivity index (χ4v) is 2.27. The molecule has 0 radical (unpaired) electrons. The fraction of sp³-hybridized carbons (Fsp3) is 0.438. The molecule has 4 nitrogen and oxygen atoms in total. The van der Waals surface area contributed by atoms with Crippen molar-refractivity contribution < 1.29 is 14.6 Å². The van der Waals surface area contributed by atoms with Crippen LogP contribution in [0.2, 0.25) is 0 Å². The summed E-state index contributed by atoms with van der Waals surface area (Å²) in [6, 6.07) is 5.67. The Morgan fingerprint density at radius 1 is 1.40 bits per heavy atom. The Morgan fingerprint density at radius 2 is 2.15 bits per heavy atom. The number of amides is 1. The molecule has 4 heteroatoms. The highest BCUT2D eigenvalue weighted by Crippen LogP contribution is 2.19. The van der Waals surface area contributed by atoms with Gasteiger partial charge in [-0.05, 0) is 43.5 Å². The van der Waals surface area contributed by atoms with Crippen LogP contribution >= 0.6 is 0 Å². The van der Waals surface area contributed by atoms with Crippen molar-refractivity contribution in [3.05, 3.63) is 29.3 Å². The minimum atomic E-state index is -0.169. The van der Waals surface area contributed by atoms with E-state index in [0.717, 1.165) is 29.7 Å². The van der Waals surface area contributed by atoms with E-state index in [9.17, 15) is 4.79 Å². The molecule has 1 heterocycles. The number of carbonyl (C=O) groups is 1. The first-order valence-electron chi connectivity index (χ1n) is 6.79. The molecule has 20 heavy (non-hydrogen) atoms. The van der Waals surface area contributed by atoms with Crippen LogP contribution in [-0.2, 0) is 9.53 Å². The zero-order chi connectivity index (χ0) is 14.4. The second kappa shape index (κ2) is 7.09. The summed E-state index contributed by atoms with van der Waals surface area (Å²) >= 11 is 0. The van der Waals surface area contributed by atoms with Crippen molar-refractivity contribution in [1.29, 1.82) is 0 Å². The zero-order valence-corrected chi connectivity index (χ0v) is 11.6. The van der Waals surface area contributed by atoms with Crippen molar-refractivity contribution in [2.24, 2.45) is 5.92 Å². The van der Waals surface area contributed by atoms with Gasteiger partial charge in [0.15, 0.2) is 0 Å². The first-order chi connectivity index (χ1) is 9.69. The molecule has 0 spiro atoms. The maximum absolute atomic E-state index is 12.2. The van der Waals surface area contributed by atoms with Crippen LogP contribution < -0.4 is 5.32 Å². The number of hydrogen-bond donors (Lipinski definition) is 2. The van der Waals surface area contributed by atoms with Crippen molar-refractivity contribution in [2.45, 2.75) is 19.8 Å². The van der Waals surface area contributed by atoms with Crippen molar-refractivity contribution in [3.8, 4) is 11.8 Å². The predicted molar refractivity (Wildman–Crippen MR) is 77.3 cm³/mol. The van der Waals surface area contributed by atoms with Crippen molar-refractivity contribution in [3.63, 3.8) is 0 Å². The predicted octanol–water partition coefficient (Wildman–Crippen LogP) is 1.70. The van der Waals surface area contributed by atoms with E-state index >= 15 is 0 Å². The number of rotatable bonds is 2. The molecule has 1 aromatic rings. The van der Waals surface area contributed by atoms with Crippen LogP contribution in [-0.4, -0.2) is 30.8 Å². The Morgan fingerprint density at radius 3 is 2.85 bits per heavy atom. The molecule has 1 fully saturated rings. The van der Waals surface area contributed by atoms with Gasteiger partial charge >= 0.3 is 0 Å². The molecule has 1 amide bonds. The summed E-state index contributed by atoms with van der Waals surface area (Å²) in [5.41, 5.74) is 2.57. The average molecular weight is 273 g/mol. The molecular formula is C16H19NO3. The van der Waals surface area contributed by atoms with Gasteiger partial charge in [0, 0.05) is 30.4 Å². The Labute approximate surface area is 119 Å². The highest BCUT2D eigenvalue weighted by molar-refractivity contribution is 5.92. The quantitative estimate of drug-likeness (QED) is 0.806. The lowest BCUT2D eigenvalue weighted by molar-refractivity contribution is -0.122. The van der Waals surface area contributed by atoms with Crippen LogP contribution in [0.15, 0.2) is 18.2 Å². The van der Waals surface area contributed by atoms with E-state index in [0.29, 0.717) is 13.2 Å². The number of aliphatic hydroxyl groups excluding tert-OH is 1. The normalized spacial score (nSPS) is 15.3. The highest BCUT2D eigenvalue weighted by atomic mass is 16.5. The number of ether oxygens (including phenoxy) is 1. The summed E-state index contributed by atoms with van der Waals surface area (Å²) in [5.74, 6) is 5.53. The van der Waals surface area contributed by atoms with Gasteiger partial charge in [0.25, 0.3) is 0 Å². The Kier molecular flexibility index (Phi) is 5.16. The van der Waals surface area contributed by atoms with Gasteiger partial charge in [0.05, 0.1) is 0 Å². The average Bonchev–Trinajstić information content (AvgIpc) is 2.45. The minimum Gasteiger partial charge on any atom is -0.384 e. The number of aliphatic hydroxyl groups is 1. The topological polar surface area (TPSA) is 58.6 Å². The molecule has 0 bridgehead atoms. The molecular weight excluding hydrogens is 254 g/mol. The Hall–Kier alpha value is -1.83. The number of anilines is 1. The van der Waals surface area contributed by atoms with Gasteiger partial charge in [-0.2, -0.15) is 0 Å². The van der Waals surface area contributed by atoms with Crippen molar-refractivity contribution in [2.75, 3.05) is 25.1 Å². The standard InChI is InChI=1S/C16H19NO3/c1-12-9-13(3-2-6-18)11-15(10-12)17-16(19)14-4-7-20-8-5-14/h9-11,14,18H,4-8H2,1H3,(H,17,19). The molecule has 2 N–H and O–H groups in total. The fourth-order valence-electron chi connectivity index (χ4n) is 2.27. The van der Waals surface area contributed by atoms with E-state index < -0.39 is 0 Å². The van der Waals surface area contributed by atoms with E-state index in [1.54, 1.807) is 0 Å². The number of carbonyl (C=O) groups excluding carboxylic acids is 1. The molecule has 2 rings (SSSR count). The van der Waals surface area contributed by atoms with E-state index in [2.05, 4.69) is 17.2 Å². The van der Waals surface area contributed by atoms with Crippen molar-refractivity contribution in [1.82, 2.24) is 0 Å². The Balaban J connectivity index is 2.08. The molecule has 1 aromatic carbocycles. The Bertz CT molecular complexity index is 536. The highest BCUT2D eigenvalue weighted by Gasteiger charge is 2.21. The lowest BCUT2D eigenvalue weighted by atomic mass is 9.99. The lowest BCUT2D eigenvalue weighted by Gasteiger charge is -2.21. The number of nitrogens with one attached hydrogen (secondary N) is 1. The van der Waals surface area contributed by atoms with Crippen molar-refractivity contribution >= 4 is 11.6 Å². The molecule has 106 valence electrons. The van der Waals surface area contributed by atoms with E-state index in [4.69, 9.17) is 9.84 Å². The summed E-state index contributed by atoms with van der Waals surface area (Å²) in [6.45, 7) is 3.09. The van der Waals surface area contributed by atoms with E-state index in [1.165, 1.54) is 0 Å². The van der Waals surface area contributed by atoms with Crippen LogP contribution in [0.5, 0.6) is 0 Å². The first kappa shape index (κ1) is 14.6. The number of hydrogen-bond acceptors (Lipinski definition) is 3. The minimum absolute atomic E-state index is 0.0243. The SMILES string of the molecule is Cc1cc(C#CCO)cc(NC(=O)C2CCOCC2)c1. The smallest absolute Gasteiger partial charge is 0.227 e. The summed E-state index contributed by atoms with van der Waals surface area (Å²) < 4.78 is 5.26. The summed E-state index contributed by atoms with van der Waals surface area (Å²) in [7, 11) is 0. The second-order valence-electron chi connectivity index (χ2n) is 4.92. The second-order valence-corrected chi connectivity index (χ2v) is 4.92. The third-order valence-corrected chi connectivity index (χ3v) is 3.25. The lowest BCUT2D eigenvalue weighted by Crippen LogP contribution is -2.28. The van der Waals surface area contributed by atoms with Gasteiger partial charge in [0.2, 0.25) is 5.91 Å². The van der Waals surface area contributed by atoms with Gasteiger partial charge in [0.1, 0.15) is 6.61 Å². The van der Waals surface area contributed by atoms with Crippen LogP contribution in [0.1, 0.15) is 24.0 Å². The maximum Gasteiger partial charge on any atom is 0.227 e. The molecule has 1 aliphatic rings. The maximum atomic E-state index is 12.2. The summed E-state index contributed by atoms with van der Waals surface area (Å²) in [5, 5.41) is 11.7. The van der Waals surface area contributed by atoms with Crippen LogP contribution in [0, 0.1) is 24.7 Å². The molecule has 1 aliphatic heterocycles. The third kappa shape index (κ3) is 4.09. The molecule has 0 atom stereocenters. The van der Waals surface area contributed by atoms with Gasteiger partial charge in [-0.1, -0.05) is 11.8 Å². The van der Waals surface area contributed by atoms with Gasteiger partial charge in [-0.15, -0.1) is 0 Å². The van der Waals surface area contributed by atoms with Crippen LogP contribution in [0.4, 0.5) is 5.69 Å². The number of aryl methyl sites for hydroxylation is 1. The summed E-state index contributed by atoms with van der Waals surface area (Å²) in [6.07, 6.45) is 1.55. The summed E-state index contributed by atoms with van der Waals surface area (Å²) in [4.78, 5) is 12.2. The van der Waals surface area contributed by atoms with Gasteiger partial charge in [-0.25, -0.2) is 0 Å². The van der Waals surface area contributed by atoms with E-state index in [-0.39, 0.29) is 18.4 Å². The van der Waals surface area contributed by atoms with E-state index in [1.807, 2.05) is 25.1 Å². The molecule has 0 aromatic heterocycles. The third-order valence-electron chi connectivity index (χ3n) is 3.25. The molecule has 0 saturated carbocycles. The van der Waals surface area contributed by atoms with Gasteiger partial charge < -0.3 is 15.2 Å². The number of benzene rings is 1. The van der Waals surface area contributed by atoms with Gasteiger partial charge in [-0.3, -0.25) is 4.79 Å².